The number of hydrogen-bond donors (Lipinski definition) is 0. The molecule has 4 unspecified atom stereocenters. The van der Waals surface area contributed by atoms with E-state index in [0.29, 0.717) is 26.1 Å². The Balaban J connectivity index is 4.50. The summed E-state index contributed by atoms with van der Waals surface area (Å²) in [5.41, 5.74) is 0. The van der Waals surface area contributed by atoms with Crippen molar-refractivity contribution in [2.45, 2.75) is 51.5 Å². The molecule has 4 atom stereocenters. The summed E-state index contributed by atoms with van der Waals surface area (Å²) in [7, 11) is 6.57. The van der Waals surface area contributed by atoms with Crippen molar-refractivity contribution in [1.82, 2.24) is 0 Å². The highest BCUT2D eigenvalue weighted by atomic mass is 16.7. The maximum atomic E-state index is 5.46. The monoisotopic (exact) mass is 320 g/mol. The second-order valence-electron chi connectivity index (χ2n) is 4.65. The first-order valence-corrected chi connectivity index (χ1v) is 7.67. The molecule has 0 N–H and O–H groups in total. The van der Waals surface area contributed by atoms with Crippen molar-refractivity contribution in [1.29, 1.82) is 0 Å². The highest BCUT2D eigenvalue weighted by Gasteiger charge is 2.16. The van der Waals surface area contributed by atoms with Crippen molar-refractivity contribution in [3.8, 4) is 0 Å². The van der Waals surface area contributed by atoms with Crippen LogP contribution in [-0.4, -0.2) is 66.4 Å². The van der Waals surface area contributed by atoms with Gasteiger partial charge in [-0.05, 0) is 13.8 Å². The van der Waals surface area contributed by atoms with E-state index in [4.69, 9.17) is 28.4 Å². The van der Waals surface area contributed by atoms with Crippen LogP contribution in [0.3, 0.4) is 0 Å². The average Bonchev–Trinajstić information content (AvgIpc) is 2.55. The van der Waals surface area contributed by atoms with Crippen molar-refractivity contribution in [3.05, 3.63) is 12.2 Å². The van der Waals surface area contributed by atoms with Gasteiger partial charge in [-0.15, -0.1) is 0 Å². The second kappa shape index (κ2) is 14.1. The predicted molar refractivity (Wildman–Crippen MR) is 84.8 cm³/mol. The lowest BCUT2D eigenvalue weighted by atomic mass is 10.1. The molecule has 0 aliphatic carbocycles. The number of hydrogen-bond acceptors (Lipinski definition) is 6. The van der Waals surface area contributed by atoms with Crippen molar-refractivity contribution in [3.63, 3.8) is 0 Å². The summed E-state index contributed by atoms with van der Waals surface area (Å²) in [4.78, 5) is 0. The van der Waals surface area contributed by atoms with E-state index in [1.54, 1.807) is 28.4 Å². The molecule has 22 heavy (non-hydrogen) atoms. The normalized spacial score (nSPS) is 17.5. The molecule has 0 aliphatic heterocycles. The van der Waals surface area contributed by atoms with E-state index in [1.165, 1.54) is 0 Å². The Bertz CT molecular complexity index is 245. The largest absolute Gasteiger partial charge is 0.377 e. The van der Waals surface area contributed by atoms with Crippen molar-refractivity contribution in [2.75, 3.05) is 41.7 Å². The maximum Gasteiger partial charge on any atom is 0.159 e. The summed E-state index contributed by atoms with van der Waals surface area (Å²) in [6.07, 6.45) is 4.37. The van der Waals surface area contributed by atoms with Crippen LogP contribution in [0.5, 0.6) is 0 Å². The van der Waals surface area contributed by atoms with Gasteiger partial charge >= 0.3 is 0 Å². The third kappa shape index (κ3) is 9.50. The highest BCUT2D eigenvalue weighted by Crippen LogP contribution is 2.12. The highest BCUT2D eigenvalue weighted by molar-refractivity contribution is 4.95. The fourth-order valence-corrected chi connectivity index (χ4v) is 1.97. The Hall–Kier alpha value is -0.500. The van der Waals surface area contributed by atoms with Gasteiger partial charge < -0.3 is 28.4 Å². The zero-order valence-corrected chi connectivity index (χ0v) is 14.7. The van der Waals surface area contributed by atoms with Crippen LogP contribution < -0.4 is 0 Å². The lowest BCUT2D eigenvalue weighted by Gasteiger charge is -2.21. The molecule has 0 aromatic carbocycles. The minimum Gasteiger partial charge on any atom is -0.377 e. The van der Waals surface area contributed by atoms with E-state index < -0.39 is 0 Å². The van der Waals surface area contributed by atoms with Crippen LogP contribution in [0.4, 0.5) is 0 Å². The number of ether oxygens (including phenoxy) is 6. The Morgan fingerprint density at radius 2 is 1.00 bits per heavy atom. The minimum atomic E-state index is -0.282. The second-order valence-corrected chi connectivity index (χ2v) is 4.65. The van der Waals surface area contributed by atoms with E-state index >= 15 is 0 Å². The van der Waals surface area contributed by atoms with Crippen LogP contribution in [0, 0.1) is 0 Å². The third-order valence-corrected chi connectivity index (χ3v) is 3.23. The van der Waals surface area contributed by atoms with Gasteiger partial charge in [-0.3, -0.25) is 0 Å². The Morgan fingerprint density at radius 3 is 1.23 bits per heavy atom. The maximum absolute atomic E-state index is 5.46. The Kier molecular flexibility index (Phi) is 13.8. The summed E-state index contributed by atoms with van der Waals surface area (Å²) in [5, 5.41) is 0. The standard InChI is InChI=1S/C16H32O6/c1-7-21-15(19-5)11-13(17-3)9-10-14(18-4)12-16(20-6)22-8-2/h9-10,13-16H,7-8,11-12H2,1-6H3/b10-9+. The Labute approximate surface area is 134 Å². The third-order valence-electron chi connectivity index (χ3n) is 3.23. The summed E-state index contributed by atoms with van der Waals surface area (Å²) < 4.78 is 32.3. The number of rotatable bonds is 14. The van der Waals surface area contributed by atoms with E-state index in [2.05, 4.69) is 0 Å². The first kappa shape index (κ1) is 21.5. The molecule has 0 saturated carbocycles. The van der Waals surface area contributed by atoms with Crippen molar-refractivity contribution >= 4 is 0 Å². The van der Waals surface area contributed by atoms with E-state index in [9.17, 15) is 0 Å². The van der Waals surface area contributed by atoms with Gasteiger partial charge in [0.1, 0.15) is 0 Å². The Morgan fingerprint density at radius 1 is 0.636 bits per heavy atom. The fraction of sp³-hybridized carbons (Fsp3) is 0.875. The molecule has 0 rings (SSSR count). The van der Waals surface area contributed by atoms with Crippen LogP contribution in [-0.2, 0) is 28.4 Å². The van der Waals surface area contributed by atoms with Crippen molar-refractivity contribution in [2.24, 2.45) is 0 Å². The smallest absolute Gasteiger partial charge is 0.159 e. The van der Waals surface area contributed by atoms with Gasteiger partial charge in [0, 0.05) is 54.5 Å². The molecule has 6 heteroatoms. The van der Waals surface area contributed by atoms with Crippen molar-refractivity contribution < 1.29 is 28.4 Å². The molecule has 0 amide bonds. The van der Waals surface area contributed by atoms with Crippen LogP contribution in [0.2, 0.25) is 0 Å². The molecule has 0 heterocycles. The molecule has 0 radical (unpaired) electrons. The lowest BCUT2D eigenvalue weighted by molar-refractivity contribution is -0.138. The molecule has 6 nitrogen and oxygen atoms in total. The molecule has 132 valence electrons. The first-order chi connectivity index (χ1) is 10.6. The molecule has 0 bridgehead atoms. The summed E-state index contributed by atoms with van der Waals surface area (Å²) in [6.45, 7) is 5.07. The molecule has 0 aromatic rings. The van der Waals surface area contributed by atoms with Crippen LogP contribution in [0.25, 0.3) is 0 Å². The van der Waals surface area contributed by atoms with Crippen LogP contribution >= 0.6 is 0 Å². The van der Waals surface area contributed by atoms with Gasteiger partial charge in [-0.2, -0.15) is 0 Å². The molecule has 0 fully saturated rings. The quantitative estimate of drug-likeness (QED) is 0.362. The van der Waals surface area contributed by atoms with Crippen LogP contribution in [0.1, 0.15) is 26.7 Å². The summed E-state index contributed by atoms with van der Waals surface area (Å²) in [6, 6.07) is 0. The summed E-state index contributed by atoms with van der Waals surface area (Å²) in [5.74, 6) is 0. The van der Waals surface area contributed by atoms with Gasteiger partial charge in [-0.1, -0.05) is 12.2 Å². The van der Waals surface area contributed by atoms with Gasteiger partial charge in [0.25, 0.3) is 0 Å². The van der Waals surface area contributed by atoms with Gasteiger partial charge in [0.05, 0.1) is 12.2 Å². The first-order valence-electron chi connectivity index (χ1n) is 7.67. The zero-order chi connectivity index (χ0) is 16.8. The van der Waals surface area contributed by atoms with E-state index in [1.807, 2.05) is 26.0 Å². The predicted octanol–water partition coefficient (Wildman–Crippen LogP) is 2.37. The zero-order valence-electron chi connectivity index (χ0n) is 14.7. The lowest BCUT2D eigenvalue weighted by Crippen LogP contribution is -2.25. The molecule has 0 aromatic heterocycles. The molecule has 0 spiro atoms. The molecule has 0 saturated heterocycles. The van der Waals surface area contributed by atoms with Gasteiger partial charge in [-0.25, -0.2) is 0 Å². The van der Waals surface area contributed by atoms with Gasteiger partial charge in [0.15, 0.2) is 12.6 Å². The SMILES string of the molecule is CCOC(CC(/C=C/C(CC(OC)OCC)OC)OC)OC. The summed E-state index contributed by atoms with van der Waals surface area (Å²) >= 11 is 0. The molecule has 0 aliphatic rings. The average molecular weight is 320 g/mol. The molecular weight excluding hydrogens is 288 g/mol. The fourth-order valence-electron chi connectivity index (χ4n) is 1.97. The molecular formula is C16H32O6. The topological polar surface area (TPSA) is 55.4 Å². The van der Waals surface area contributed by atoms with E-state index in [0.717, 1.165) is 0 Å². The van der Waals surface area contributed by atoms with Crippen LogP contribution in [0.15, 0.2) is 12.2 Å². The number of methoxy groups -OCH3 is 4. The minimum absolute atomic E-state index is 0.109. The van der Waals surface area contributed by atoms with Gasteiger partial charge in [0.2, 0.25) is 0 Å². The van der Waals surface area contributed by atoms with E-state index in [-0.39, 0.29) is 24.8 Å².